The van der Waals surface area contributed by atoms with Crippen LogP contribution >= 0.6 is 0 Å². The van der Waals surface area contributed by atoms with E-state index in [0.29, 0.717) is 32.7 Å². The molecule has 0 radical (unpaired) electrons. The van der Waals surface area contributed by atoms with Crippen LogP contribution in [0.2, 0.25) is 0 Å². The van der Waals surface area contributed by atoms with Crippen molar-refractivity contribution in [2.24, 2.45) is 0 Å². The van der Waals surface area contributed by atoms with Crippen LogP contribution in [0.5, 0.6) is 0 Å². The molecule has 1 atom stereocenters. The van der Waals surface area contributed by atoms with Crippen LogP contribution in [0.1, 0.15) is 12.0 Å². The summed E-state index contributed by atoms with van der Waals surface area (Å²) in [6.45, 7) is 4.12. The molecule has 3 rings (SSSR count). The molecule has 2 aromatic heterocycles. The Morgan fingerprint density at radius 2 is 2.32 bits per heavy atom. The molecule has 0 saturated carbocycles. The maximum absolute atomic E-state index is 12.2. The zero-order chi connectivity index (χ0) is 17.3. The number of carbonyl (C=O) groups excluding carboxylic acids is 1. The topological polar surface area (TPSA) is 79.6 Å². The highest BCUT2D eigenvalue weighted by molar-refractivity contribution is 5.76. The average Bonchev–Trinajstić information content (AvgIpc) is 3.14. The standard InChI is InChI=1S/C18H24N4O3/c23-18(21-6-5-20-16-2-1-4-19-11-16)10-17-14-25-9-7-22(17)12-15-3-8-24-13-15/h1-4,8,11,13,17,20H,5-7,9-10,12,14H2,(H,21,23)/t17-/m1/s1. The second-order valence-electron chi connectivity index (χ2n) is 6.05. The van der Waals surface area contributed by atoms with Crippen molar-refractivity contribution >= 4 is 11.6 Å². The highest BCUT2D eigenvalue weighted by Crippen LogP contribution is 2.15. The van der Waals surface area contributed by atoms with Gasteiger partial charge >= 0.3 is 0 Å². The SMILES string of the molecule is O=C(C[C@@H]1COCCN1Cc1ccoc1)NCCNc1cccnc1. The fourth-order valence-corrected chi connectivity index (χ4v) is 2.86. The number of aromatic nitrogens is 1. The fourth-order valence-electron chi connectivity index (χ4n) is 2.86. The van der Waals surface area contributed by atoms with Crippen molar-refractivity contribution in [3.05, 3.63) is 48.7 Å². The van der Waals surface area contributed by atoms with Gasteiger partial charge in [0.15, 0.2) is 0 Å². The average molecular weight is 344 g/mol. The summed E-state index contributed by atoms with van der Waals surface area (Å²) in [6.07, 6.45) is 7.34. The molecule has 2 aromatic rings. The first-order chi connectivity index (χ1) is 12.3. The Balaban J connectivity index is 1.39. The van der Waals surface area contributed by atoms with E-state index >= 15 is 0 Å². The number of ether oxygens (including phenoxy) is 1. The molecule has 1 aliphatic heterocycles. The highest BCUT2D eigenvalue weighted by Gasteiger charge is 2.25. The summed E-state index contributed by atoms with van der Waals surface area (Å²) in [5.74, 6) is 0.0423. The van der Waals surface area contributed by atoms with Crippen LogP contribution in [0.4, 0.5) is 5.69 Å². The van der Waals surface area contributed by atoms with E-state index in [2.05, 4.69) is 20.5 Å². The zero-order valence-corrected chi connectivity index (χ0v) is 14.2. The molecule has 0 bridgehead atoms. The number of furan rings is 1. The van der Waals surface area contributed by atoms with Crippen molar-refractivity contribution in [2.45, 2.75) is 19.0 Å². The second kappa shape index (κ2) is 9.19. The van der Waals surface area contributed by atoms with Crippen LogP contribution in [0.3, 0.4) is 0 Å². The van der Waals surface area contributed by atoms with Gasteiger partial charge < -0.3 is 19.8 Å². The fraction of sp³-hybridized carbons (Fsp3) is 0.444. The maximum atomic E-state index is 12.2. The summed E-state index contributed by atoms with van der Waals surface area (Å²) in [5.41, 5.74) is 2.07. The van der Waals surface area contributed by atoms with Crippen LogP contribution in [0.15, 0.2) is 47.5 Å². The molecule has 7 nitrogen and oxygen atoms in total. The predicted molar refractivity (Wildman–Crippen MR) is 94.1 cm³/mol. The Bertz CT molecular complexity index is 633. The second-order valence-corrected chi connectivity index (χ2v) is 6.05. The summed E-state index contributed by atoms with van der Waals surface area (Å²) in [4.78, 5) is 18.5. The van der Waals surface area contributed by atoms with E-state index in [0.717, 1.165) is 24.3 Å². The minimum Gasteiger partial charge on any atom is -0.472 e. The van der Waals surface area contributed by atoms with E-state index < -0.39 is 0 Å². The van der Waals surface area contributed by atoms with Gasteiger partial charge in [-0.1, -0.05) is 0 Å². The molecule has 3 heterocycles. The number of rotatable bonds is 8. The van der Waals surface area contributed by atoms with E-state index in [1.807, 2.05) is 18.2 Å². The van der Waals surface area contributed by atoms with Crippen molar-refractivity contribution in [3.8, 4) is 0 Å². The number of hydrogen-bond acceptors (Lipinski definition) is 6. The summed E-state index contributed by atoms with van der Waals surface area (Å²) in [7, 11) is 0. The number of nitrogens with one attached hydrogen (secondary N) is 2. The molecule has 0 spiro atoms. The van der Waals surface area contributed by atoms with Crippen LogP contribution in [0.25, 0.3) is 0 Å². The molecular formula is C18H24N4O3. The number of nitrogens with zero attached hydrogens (tertiary/aromatic N) is 2. The normalized spacial score (nSPS) is 18.0. The molecule has 1 amide bonds. The van der Waals surface area contributed by atoms with Gasteiger partial charge in [0.05, 0.1) is 31.4 Å². The van der Waals surface area contributed by atoms with Crippen LogP contribution in [-0.4, -0.2) is 54.7 Å². The van der Waals surface area contributed by atoms with Gasteiger partial charge in [-0.2, -0.15) is 0 Å². The largest absolute Gasteiger partial charge is 0.472 e. The van der Waals surface area contributed by atoms with Gasteiger partial charge in [0.25, 0.3) is 0 Å². The Morgan fingerprint density at radius 1 is 1.36 bits per heavy atom. The van der Waals surface area contributed by atoms with Gasteiger partial charge in [0, 0.05) is 56.6 Å². The lowest BCUT2D eigenvalue weighted by atomic mass is 10.1. The third-order valence-electron chi connectivity index (χ3n) is 4.17. The third-order valence-corrected chi connectivity index (χ3v) is 4.17. The first-order valence-corrected chi connectivity index (χ1v) is 8.55. The molecular weight excluding hydrogens is 320 g/mol. The number of carbonyl (C=O) groups is 1. The van der Waals surface area contributed by atoms with Crippen LogP contribution in [-0.2, 0) is 16.1 Å². The quantitative estimate of drug-likeness (QED) is 0.707. The zero-order valence-electron chi connectivity index (χ0n) is 14.2. The number of morpholine rings is 1. The van der Waals surface area contributed by atoms with E-state index in [1.54, 1.807) is 24.9 Å². The molecule has 1 fully saturated rings. The van der Waals surface area contributed by atoms with E-state index in [-0.39, 0.29) is 11.9 Å². The van der Waals surface area contributed by atoms with Gasteiger partial charge in [0.2, 0.25) is 5.91 Å². The predicted octanol–water partition coefficient (Wildman–Crippen LogP) is 1.49. The monoisotopic (exact) mass is 344 g/mol. The molecule has 25 heavy (non-hydrogen) atoms. The summed E-state index contributed by atoms with van der Waals surface area (Å²) in [6, 6.07) is 5.87. The lowest BCUT2D eigenvalue weighted by Crippen LogP contribution is -2.47. The molecule has 134 valence electrons. The first-order valence-electron chi connectivity index (χ1n) is 8.55. The van der Waals surface area contributed by atoms with E-state index in [4.69, 9.17) is 9.15 Å². The molecule has 1 saturated heterocycles. The third kappa shape index (κ3) is 5.58. The van der Waals surface area contributed by atoms with Crippen molar-refractivity contribution in [1.29, 1.82) is 0 Å². The van der Waals surface area contributed by atoms with E-state index in [9.17, 15) is 4.79 Å². The van der Waals surface area contributed by atoms with Crippen molar-refractivity contribution < 1.29 is 13.9 Å². The molecule has 0 unspecified atom stereocenters. The minimum absolute atomic E-state index is 0.0423. The van der Waals surface area contributed by atoms with Gasteiger partial charge in [-0.15, -0.1) is 0 Å². The number of anilines is 1. The Hall–Kier alpha value is -2.38. The van der Waals surface area contributed by atoms with Gasteiger partial charge in [-0.05, 0) is 18.2 Å². The van der Waals surface area contributed by atoms with Gasteiger partial charge in [-0.25, -0.2) is 0 Å². The number of hydrogen-bond donors (Lipinski definition) is 2. The summed E-state index contributed by atoms with van der Waals surface area (Å²) >= 11 is 0. The molecule has 1 aliphatic rings. The van der Waals surface area contributed by atoms with Crippen LogP contribution < -0.4 is 10.6 Å². The molecule has 2 N–H and O–H groups in total. The molecule has 7 heteroatoms. The Kier molecular flexibility index (Phi) is 6.42. The van der Waals surface area contributed by atoms with Crippen molar-refractivity contribution in [3.63, 3.8) is 0 Å². The maximum Gasteiger partial charge on any atom is 0.221 e. The number of amides is 1. The van der Waals surface area contributed by atoms with Crippen molar-refractivity contribution in [2.75, 3.05) is 38.2 Å². The van der Waals surface area contributed by atoms with Gasteiger partial charge in [-0.3, -0.25) is 14.7 Å². The molecule has 0 aromatic carbocycles. The Morgan fingerprint density at radius 3 is 3.12 bits per heavy atom. The lowest BCUT2D eigenvalue weighted by Gasteiger charge is -2.35. The Labute approximate surface area is 147 Å². The lowest BCUT2D eigenvalue weighted by molar-refractivity contribution is -0.124. The van der Waals surface area contributed by atoms with E-state index in [1.165, 1.54) is 0 Å². The summed E-state index contributed by atoms with van der Waals surface area (Å²) < 4.78 is 10.7. The highest BCUT2D eigenvalue weighted by atomic mass is 16.5. The molecule has 0 aliphatic carbocycles. The smallest absolute Gasteiger partial charge is 0.221 e. The van der Waals surface area contributed by atoms with Crippen molar-refractivity contribution in [1.82, 2.24) is 15.2 Å². The number of pyridine rings is 1. The minimum atomic E-state index is 0.0423. The first kappa shape index (κ1) is 17.4. The summed E-state index contributed by atoms with van der Waals surface area (Å²) in [5, 5.41) is 6.18. The van der Waals surface area contributed by atoms with Crippen LogP contribution in [0, 0.1) is 0 Å². The van der Waals surface area contributed by atoms with Gasteiger partial charge in [0.1, 0.15) is 0 Å².